The molecule has 4 rings (SSSR count). The van der Waals surface area contributed by atoms with Crippen LogP contribution in [0.15, 0.2) is 53.5 Å². The summed E-state index contributed by atoms with van der Waals surface area (Å²) in [6, 6.07) is 10.4. The molecule has 0 aliphatic carbocycles. The average molecular weight is 337 g/mol. The zero-order chi connectivity index (χ0) is 17.6. The molecule has 0 radical (unpaired) electrons. The SMILES string of the molecule is NC(=O)Nc1ccc(-n2nc3c4cccc(F)c4[nH]cc-3c2=O)cc1. The van der Waals surface area contributed by atoms with Crippen LogP contribution in [0.4, 0.5) is 14.9 Å². The molecular formula is C17H12FN5O2. The van der Waals surface area contributed by atoms with Crippen LogP contribution >= 0.6 is 0 Å². The number of hydrogen-bond acceptors (Lipinski definition) is 3. The highest BCUT2D eigenvalue weighted by Gasteiger charge is 2.19. The standard InChI is InChI=1S/C17H12FN5O2/c18-13-3-1-2-11-14-12(8-20-15(11)13)16(24)23(22-14)10-6-4-9(5-7-10)21-17(19)25/h1-8,20H,(H3,19,21,25). The van der Waals surface area contributed by atoms with Crippen LogP contribution in [0, 0.1) is 5.82 Å². The van der Waals surface area contributed by atoms with E-state index < -0.39 is 11.8 Å². The topological polar surface area (TPSA) is 106 Å². The minimum Gasteiger partial charge on any atom is -0.358 e. The fourth-order valence-corrected chi connectivity index (χ4v) is 2.76. The molecule has 2 aliphatic heterocycles. The van der Waals surface area contributed by atoms with Gasteiger partial charge in [0.2, 0.25) is 0 Å². The highest BCUT2D eigenvalue weighted by Crippen LogP contribution is 2.27. The number of carbonyl (C=O) groups excluding carboxylic acids is 1. The van der Waals surface area contributed by atoms with Crippen molar-refractivity contribution in [1.29, 1.82) is 0 Å². The normalized spacial score (nSPS) is 11.1. The van der Waals surface area contributed by atoms with Gasteiger partial charge >= 0.3 is 6.03 Å². The van der Waals surface area contributed by atoms with Crippen LogP contribution in [0.25, 0.3) is 27.8 Å². The van der Waals surface area contributed by atoms with Gasteiger partial charge in [0, 0.05) is 17.3 Å². The number of hydrogen-bond donors (Lipinski definition) is 3. The van der Waals surface area contributed by atoms with Gasteiger partial charge in [0.15, 0.2) is 0 Å². The molecule has 2 aliphatic rings. The molecule has 0 spiro atoms. The zero-order valence-electron chi connectivity index (χ0n) is 12.8. The van der Waals surface area contributed by atoms with Gasteiger partial charge in [0.05, 0.1) is 16.8 Å². The van der Waals surface area contributed by atoms with Crippen molar-refractivity contribution in [2.75, 3.05) is 5.32 Å². The third-order valence-corrected chi connectivity index (χ3v) is 3.89. The third-order valence-electron chi connectivity index (χ3n) is 3.89. The predicted octanol–water partition coefficient (Wildman–Crippen LogP) is 2.45. The quantitative estimate of drug-likeness (QED) is 0.523. The summed E-state index contributed by atoms with van der Waals surface area (Å²) in [5.74, 6) is -0.414. The van der Waals surface area contributed by atoms with Crippen LogP contribution < -0.4 is 16.6 Å². The molecule has 8 heteroatoms. The molecule has 2 heterocycles. The van der Waals surface area contributed by atoms with E-state index in [9.17, 15) is 14.0 Å². The van der Waals surface area contributed by atoms with Crippen molar-refractivity contribution < 1.29 is 9.18 Å². The van der Waals surface area contributed by atoms with E-state index >= 15 is 0 Å². The van der Waals surface area contributed by atoms with Gasteiger partial charge in [-0.05, 0) is 30.3 Å². The van der Waals surface area contributed by atoms with Crippen LogP contribution in [-0.4, -0.2) is 20.8 Å². The number of pyridine rings is 1. The van der Waals surface area contributed by atoms with E-state index in [4.69, 9.17) is 5.73 Å². The number of benzene rings is 2. The van der Waals surface area contributed by atoms with Crippen molar-refractivity contribution in [2.45, 2.75) is 0 Å². The number of aromatic nitrogens is 3. The molecule has 4 N–H and O–H groups in total. The molecule has 0 unspecified atom stereocenters. The second-order valence-corrected chi connectivity index (χ2v) is 5.47. The summed E-state index contributed by atoms with van der Waals surface area (Å²) < 4.78 is 15.1. The maximum atomic E-state index is 13.9. The van der Waals surface area contributed by atoms with Crippen molar-refractivity contribution in [2.24, 2.45) is 5.73 Å². The summed E-state index contributed by atoms with van der Waals surface area (Å²) in [4.78, 5) is 26.3. The number of amides is 2. The van der Waals surface area contributed by atoms with Crippen LogP contribution in [0.3, 0.4) is 0 Å². The van der Waals surface area contributed by atoms with Crippen molar-refractivity contribution >= 4 is 22.6 Å². The first-order valence-electron chi connectivity index (χ1n) is 7.40. The molecule has 0 atom stereocenters. The number of aromatic amines is 1. The first-order valence-corrected chi connectivity index (χ1v) is 7.40. The molecule has 7 nitrogen and oxygen atoms in total. The number of nitrogens with one attached hydrogen (secondary N) is 2. The van der Waals surface area contributed by atoms with Gasteiger partial charge in [-0.2, -0.15) is 9.78 Å². The first-order chi connectivity index (χ1) is 12.0. The summed E-state index contributed by atoms with van der Waals surface area (Å²) in [5.41, 5.74) is 6.82. The number of nitrogens with zero attached hydrogens (tertiary/aromatic N) is 2. The van der Waals surface area contributed by atoms with Gasteiger partial charge in [0.25, 0.3) is 5.56 Å². The Morgan fingerprint density at radius 2 is 1.96 bits per heavy atom. The number of primary amides is 1. The van der Waals surface area contributed by atoms with E-state index in [1.165, 1.54) is 16.9 Å². The molecule has 2 amide bonds. The van der Waals surface area contributed by atoms with E-state index in [2.05, 4.69) is 15.4 Å². The Balaban J connectivity index is 1.88. The smallest absolute Gasteiger partial charge is 0.316 e. The highest BCUT2D eigenvalue weighted by atomic mass is 19.1. The molecule has 0 bridgehead atoms. The second kappa shape index (κ2) is 5.45. The summed E-state index contributed by atoms with van der Waals surface area (Å²) in [5, 5.41) is 7.32. The summed E-state index contributed by atoms with van der Waals surface area (Å²) in [7, 11) is 0. The summed E-state index contributed by atoms with van der Waals surface area (Å²) in [6.45, 7) is 0. The highest BCUT2D eigenvalue weighted by molar-refractivity contribution is 5.93. The van der Waals surface area contributed by atoms with Gasteiger partial charge < -0.3 is 16.0 Å². The Bertz CT molecular complexity index is 1130. The number of carbonyl (C=O) groups is 1. The van der Waals surface area contributed by atoms with Gasteiger partial charge in [-0.15, -0.1) is 0 Å². The van der Waals surface area contributed by atoms with Gasteiger partial charge in [-0.3, -0.25) is 4.79 Å². The average Bonchev–Trinajstić information content (AvgIpc) is 2.93. The van der Waals surface area contributed by atoms with E-state index in [1.54, 1.807) is 36.4 Å². The molecule has 124 valence electrons. The van der Waals surface area contributed by atoms with Crippen molar-refractivity contribution in [1.82, 2.24) is 14.8 Å². The van der Waals surface area contributed by atoms with Gasteiger partial charge in [-0.25, -0.2) is 9.18 Å². The lowest BCUT2D eigenvalue weighted by atomic mass is 10.1. The molecule has 0 fully saturated rings. The van der Waals surface area contributed by atoms with Gasteiger partial charge in [0.1, 0.15) is 11.5 Å². The molecule has 25 heavy (non-hydrogen) atoms. The maximum Gasteiger partial charge on any atom is 0.316 e. The molecule has 2 aromatic carbocycles. The predicted molar refractivity (Wildman–Crippen MR) is 91.5 cm³/mol. The van der Waals surface area contributed by atoms with E-state index in [-0.39, 0.29) is 5.56 Å². The fraction of sp³-hybridized carbons (Fsp3) is 0. The monoisotopic (exact) mass is 337 g/mol. The van der Waals surface area contributed by atoms with Crippen molar-refractivity contribution in [3.8, 4) is 16.9 Å². The Hall–Kier alpha value is -3.68. The van der Waals surface area contributed by atoms with E-state index in [0.717, 1.165) is 0 Å². The molecule has 0 saturated carbocycles. The molecular weight excluding hydrogens is 325 g/mol. The number of anilines is 1. The minimum absolute atomic E-state index is 0.292. The van der Waals surface area contributed by atoms with Crippen molar-refractivity contribution in [3.05, 3.63) is 64.8 Å². The van der Waals surface area contributed by atoms with Crippen LogP contribution in [0.5, 0.6) is 0 Å². The minimum atomic E-state index is -0.675. The lowest BCUT2D eigenvalue weighted by Crippen LogP contribution is -2.19. The second-order valence-electron chi connectivity index (χ2n) is 5.47. The van der Waals surface area contributed by atoms with Gasteiger partial charge in [-0.1, -0.05) is 12.1 Å². The third kappa shape index (κ3) is 2.40. The Morgan fingerprint density at radius 3 is 2.68 bits per heavy atom. The largest absolute Gasteiger partial charge is 0.358 e. The number of nitrogens with two attached hydrogens (primary N) is 1. The molecule has 0 aromatic heterocycles. The number of fused-ring (bicyclic) bond motifs is 3. The Morgan fingerprint density at radius 1 is 1.20 bits per heavy atom. The number of H-pyrrole nitrogens is 1. The number of halogens is 1. The summed E-state index contributed by atoms with van der Waals surface area (Å²) in [6.07, 6.45) is 1.45. The Kier molecular flexibility index (Phi) is 3.24. The zero-order valence-corrected chi connectivity index (χ0v) is 12.8. The van der Waals surface area contributed by atoms with Crippen LogP contribution in [-0.2, 0) is 0 Å². The lowest BCUT2D eigenvalue weighted by Gasteiger charge is -2.03. The Labute approximate surface area is 140 Å². The van der Waals surface area contributed by atoms with Crippen molar-refractivity contribution in [3.63, 3.8) is 0 Å². The number of urea groups is 1. The maximum absolute atomic E-state index is 13.9. The van der Waals surface area contributed by atoms with E-state index in [1.807, 2.05) is 0 Å². The van der Waals surface area contributed by atoms with Crippen LogP contribution in [0.1, 0.15) is 0 Å². The number of para-hydroxylation sites is 1. The molecule has 0 saturated heterocycles. The number of rotatable bonds is 2. The van der Waals surface area contributed by atoms with E-state index in [0.29, 0.717) is 33.5 Å². The lowest BCUT2D eigenvalue weighted by molar-refractivity contribution is 0.259. The first kappa shape index (κ1) is 14.9. The summed E-state index contributed by atoms with van der Waals surface area (Å²) >= 11 is 0. The fourth-order valence-electron chi connectivity index (χ4n) is 2.76. The molecule has 2 aromatic rings. The van der Waals surface area contributed by atoms with Crippen LogP contribution in [0.2, 0.25) is 0 Å².